The van der Waals surface area contributed by atoms with E-state index in [0.29, 0.717) is 20.7 Å². The first kappa shape index (κ1) is 12.7. The third-order valence-electron chi connectivity index (χ3n) is 3.46. The molecule has 0 radical (unpaired) electrons. The molecular formula is C10H9Cl2NO3S2. The van der Waals surface area contributed by atoms with Crippen LogP contribution in [-0.2, 0) is 9.84 Å². The molecule has 8 heteroatoms. The predicted molar refractivity (Wildman–Crippen MR) is 71.4 cm³/mol. The first-order chi connectivity index (χ1) is 8.38. The standard InChI is InChI=1S/C10H9Cl2NO3S2/c11-8-2-7(9(12)17-8)10(14)13-3-6-1-5(13)4-18(6,15)16/h2,5-6H,1,3-4H2. The summed E-state index contributed by atoms with van der Waals surface area (Å²) < 4.78 is 24.0. The Bertz CT molecular complexity index is 625. The van der Waals surface area contributed by atoms with Crippen LogP contribution in [-0.4, -0.2) is 42.8 Å². The van der Waals surface area contributed by atoms with Gasteiger partial charge in [-0.05, 0) is 12.5 Å². The summed E-state index contributed by atoms with van der Waals surface area (Å²) in [6.07, 6.45) is 0.545. The molecule has 3 heterocycles. The topological polar surface area (TPSA) is 54.5 Å². The number of sulfone groups is 1. The molecule has 0 aliphatic carbocycles. The number of hydrogen-bond donors (Lipinski definition) is 0. The highest BCUT2D eigenvalue weighted by atomic mass is 35.5. The van der Waals surface area contributed by atoms with Crippen LogP contribution < -0.4 is 0 Å². The second-order valence-corrected chi connectivity index (χ2v) is 9.15. The van der Waals surface area contributed by atoms with E-state index >= 15 is 0 Å². The van der Waals surface area contributed by atoms with Crippen molar-refractivity contribution in [1.29, 1.82) is 0 Å². The molecule has 2 aliphatic heterocycles. The molecule has 2 aliphatic rings. The Morgan fingerprint density at radius 3 is 2.61 bits per heavy atom. The highest BCUT2D eigenvalue weighted by Gasteiger charge is 2.50. The molecule has 1 aromatic heterocycles. The zero-order valence-corrected chi connectivity index (χ0v) is 12.2. The van der Waals surface area contributed by atoms with Gasteiger partial charge in [0, 0.05) is 12.6 Å². The van der Waals surface area contributed by atoms with Crippen LogP contribution >= 0.6 is 34.5 Å². The molecule has 2 bridgehead atoms. The number of halogens is 2. The fourth-order valence-electron chi connectivity index (χ4n) is 2.59. The molecule has 3 rings (SSSR count). The number of carbonyl (C=O) groups excluding carboxylic acids is 1. The number of hydrogen-bond acceptors (Lipinski definition) is 4. The largest absolute Gasteiger partial charge is 0.333 e. The van der Waals surface area contributed by atoms with Gasteiger partial charge in [0.15, 0.2) is 9.84 Å². The Hall–Kier alpha value is -0.300. The number of carbonyl (C=O) groups is 1. The lowest BCUT2D eigenvalue weighted by Crippen LogP contribution is -2.44. The van der Waals surface area contributed by atoms with E-state index in [1.807, 2.05) is 0 Å². The summed E-state index contributed by atoms with van der Waals surface area (Å²) in [6.45, 7) is 0.273. The second kappa shape index (κ2) is 4.10. The van der Waals surface area contributed by atoms with Crippen LogP contribution in [0.25, 0.3) is 0 Å². The highest BCUT2D eigenvalue weighted by Crippen LogP contribution is 2.37. The zero-order valence-electron chi connectivity index (χ0n) is 9.10. The van der Waals surface area contributed by atoms with Crippen LogP contribution in [0.4, 0.5) is 0 Å². The van der Waals surface area contributed by atoms with Crippen molar-refractivity contribution in [2.24, 2.45) is 0 Å². The minimum absolute atomic E-state index is 0.0683. The fraction of sp³-hybridized carbons (Fsp3) is 0.500. The third-order valence-corrected chi connectivity index (χ3v) is 7.15. The number of nitrogens with zero attached hydrogens (tertiary/aromatic N) is 1. The Kier molecular flexibility index (Phi) is 2.89. The Labute approximate surface area is 118 Å². The summed E-state index contributed by atoms with van der Waals surface area (Å²) in [6, 6.07) is 1.33. The number of thiophene rings is 1. The van der Waals surface area contributed by atoms with E-state index in [0.717, 1.165) is 11.3 Å². The summed E-state index contributed by atoms with van der Waals surface area (Å²) in [5.41, 5.74) is 0.372. The van der Waals surface area contributed by atoms with Crippen LogP contribution in [0.2, 0.25) is 8.67 Å². The van der Waals surface area contributed by atoms with Gasteiger partial charge in [-0.25, -0.2) is 8.42 Å². The summed E-state index contributed by atoms with van der Waals surface area (Å²) in [7, 11) is -2.99. The van der Waals surface area contributed by atoms with E-state index in [1.54, 1.807) is 4.90 Å². The molecule has 2 atom stereocenters. The molecule has 2 unspecified atom stereocenters. The molecule has 2 fully saturated rings. The smallest absolute Gasteiger partial charge is 0.256 e. The zero-order chi connectivity index (χ0) is 13.1. The minimum Gasteiger partial charge on any atom is -0.333 e. The molecule has 1 aromatic rings. The van der Waals surface area contributed by atoms with Crippen molar-refractivity contribution in [2.75, 3.05) is 12.3 Å². The molecule has 2 saturated heterocycles. The molecule has 0 saturated carbocycles. The average molecular weight is 326 g/mol. The first-order valence-corrected chi connectivity index (χ1v) is 8.64. The van der Waals surface area contributed by atoms with Crippen LogP contribution in [0.15, 0.2) is 6.07 Å². The Balaban J connectivity index is 1.87. The van der Waals surface area contributed by atoms with Gasteiger partial charge in [-0.1, -0.05) is 23.2 Å². The van der Waals surface area contributed by atoms with Gasteiger partial charge in [0.05, 0.1) is 20.9 Å². The summed E-state index contributed by atoms with van der Waals surface area (Å²) in [5, 5.41) is -0.403. The van der Waals surface area contributed by atoms with Crippen molar-refractivity contribution in [2.45, 2.75) is 17.7 Å². The van der Waals surface area contributed by atoms with E-state index in [1.165, 1.54) is 6.07 Å². The van der Waals surface area contributed by atoms with Crippen molar-refractivity contribution < 1.29 is 13.2 Å². The van der Waals surface area contributed by atoms with Gasteiger partial charge < -0.3 is 4.90 Å². The van der Waals surface area contributed by atoms with Gasteiger partial charge in [0.25, 0.3) is 5.91 Å². The van der Waals surface area contributed by atoms with E-state index in [-0.39, 0.29) is 24.2 Å². The highest BCUT2D eigenvalue weighted by molar-refractivity contribution is 7.92. The van der Waals surface area contributed by atoms with Gasteiger partial charge in [0.2, 0.25) is 0 Å². The maximum Gasteiger partial charge on any atom is 0.256 e. The van der Waals surface area contributed by atoms with Gasteiger partial charge in [-0.3, -0.25) is 4.79 Å². The summed E-state index contributed by atoms with van der Waals surface area (Å²) in [4.78, 5) is 13.9. The van der Waals surface area contributed by atoms with Crippen LogP contribution in [0.3, 0.4) is 0 Å². The van der Waals surface area contributed by atoms with Crippen LogP contribution in [0, 0.1) is 0 Å². The Morgan fingerprint density at radius 2 is 2.17 bits per heavy atom. The maximum atomic E-state index is 12.3. The minimum atomic E-state index is -2.99. The lowest BCUT2D eigenvalue weighted by atomic mass is 10.2. The van der Waals surface area contributed by atoms with E-state index in [2.05, 4.69) is 0 Å². The molecular weight excluding hydrogens is 317 g/mol. The maximum absolute atomic E-state index is 12.3. The predicted octanol–water partition coefficient (Wildman–Crippen LogP) is 2.07. The summed E-state index contributed by atoms with van der Waals surface area (Å²) in [5.74, 6) is -0.149. The first-order valence-electron chi connectivity index (χ1n) is 5.36. The molecule has 0 aromatic carbocycles. The Morgan fingerprint density at radius 1 is 1.44 bits per heavy atom. The normalized spacial score (nSPS) is 28.9. The number of likely N-dealkylation sites (tertiary alicyclic amines) is 1. The lowest BCUT2D eigenvalue weighted by molar-refractivity contribution is 0.0746. The van der Waals surface area contributed by atoms with Crippen LogP contribution in [0.1, 0.15) is 16.8 Å². The SMILES string of the molecule is O=C(c1cc(Cl)sc1Cl)N1CC2CC1CS2(=O)=O. The van der Waals surface area contributed by atoms with Gasteiger partial charge in [-0.15, -0.1) is 11.3 Å². The number of amides is 1. The van der Waals surface area contributed by atoms with E-state index < -0.39 is 15.1 Å². The van der Waals surface area contributed by atoms with Crippen molar-refractivity contribution in [3.8, 4) is 0 Å². The second-order valence-electron chi connectivity index (χ2n) is 4.54. The number of fused-ring (bicyclic) bond motifs is 2. The fourth-order valence-corrected chi connectivity index (χ4v) is 6.06. The van der Waals surface area contributed by atoms with Crippen molar-refractivity contribution in [3.05, 3.63) is 20.3 Å². The molecule has 1 amide bonds. The molecule has 18 heavy (non-hydrogen) atoms. The van der Waals surface area contributed by atoms with Gasteiger partial charge >= 0.3 is 0 Å². The van der Waals surface area contributed by atoms with E-state index in [9.17, 15) is 13.2 Å². The van der Waals surface area contributed by atoms with E-state index in [4.69, 9.17) is 23.2 Å². The monoisotopic (exact) mass is 325 g/mol. The lowest BCUT2D eigenvalue weighted by Gasteiger charge is -2.26. The number of rotatable bonds is 1. The third kappa shape index (κ3) is 1.86. The summed E-state index contributed by atoms with van der Waals surface area (Å²) >= 11 is 12.9. The average Bonchev–Trinajstić information content (AvgIpc) is 2.88. The van der Waals surface area contributed by atoms with Crippen LogP contribution in [0.5, 0.6) is 0 Å². The van der Waals surface area contributed by atoms with Crippen molar-refractivity contribution >= 4 is 50.3 Å². The van der Waals surface area contributed by atoms with Crippen molar-refractivity contribution in [3.63, 3.8) is 0 Å². The molecule has 0 spiro atoms. The molecule has 98 valence electrons. The van der Waals surface area contributed by atoms with Gasteiger partial charge in [0.1, 0.15) is 4.34 Å². The molecule has 4 nitrogen and oxygen atoms in total. The van der Waals surface area contributed by atoms with Gasteiger partial charge in [-0.2, -0.15) is 0 Å². The quantitative estimate of drug-likeness (QED) is 0.794. The molecule has 0 N–H and O–H groups in total. The van der Waals surface area contributed by atoms with Crippen molar-refractivity contribution in [1.82, 2.24) is 4.90 Å².